The molecular formula is C21H28N4O2. The molecule has 0 saturated carbocycles. The summed E-state index contributed by atoms with van der Waals surface area (Å²) in [4.78, 5) is 26.7. The predicted molar refractivity (Wildman–Crippen MR) is 106 cm³/mol. The van der Waals surface area contributed by atoms with Gasteiger partial charge in [0.05, 0.1) is 5.69 Å². The fourth-order valence-electron chi connectivity index (χ4n) is 3.54. The van der Waals surface area contributed by atoms with Crippen LogP contribution in [-0.4, -0.2) is 46.8 Å². The van der Waals surface area contributed by atoms with Crippen LogP contribution in [0, 0.1) is 5.92 Å². The van der Waals surface area contributed by atoms with Crippen molar-refractivity contribution in [2.45, 2.75) is 32.7 Å². The molecule has 27 heavy (non-hydrogen) atoms. The number of nitrogens with one attached hydrogen (secondary N) is 1. The number of aromatic nitrogens is 2. The molecule has 0 unspecified atom stereocenters. The zero-order chi connectivity index (χ0) is 19.1. The lowest BCUT2D eigenvalue weighted by molar-refractivity contribution is -0.121. The lowest BCUT2D eigenvalue weighted by atomic mass is 10.0. The summed E-state index contributed by atoms with van der Waals surface area (Å²) in [6, 6.07) is 12.8. The van der Waals surface area contributed by atoms with Crippen molar-refractivity contribution in [3.05, 3.63) is 52.8 Å². The average molecular weight is 368 g/mol. The van der Waals surface area contributed by atoms with Gasteiger partial charge in [0.15, 0.2) is 0 Å². The highest BCUT2D eigenvalue weighted by Crippen LogP contribution is 2.15. The summed E-state index contributed by atoms with van der Waals surface area (Å²) in [6.45, 7) is 6.18. The number of piperidine rings is 1. The molecule has 1 aliphatic heterocycles. The Morgan fingerprint density at radius 1 is 1.22 bits per heavy atom. The van der Waals surface area contributed by atoms with Gasteiger partial charge in [-0.3, -0.25) is 9.59 Å². The molecule has 1 aromatic heterocycles. The molecule has 1 aliphatic rings. The highest BCUT2D eigenvalue weighted by molar-refractivity contribution is 5.75. The highest BCUT2D eigenvalue weighted by atomic mass is 16.2. The zero-order valence-electron chi connectivity index (χ0n) is 15.9. The second kappa shape index (κ2) is 9.46. The van der Waals surface area contributed by atoms with Crippen LogP contribution in [0.1, 0.15) is 26.2 Å². The molecule has 1 N–H and O–H groups in total. The minimum atomic E-state index is -0.271. The smallest absolute Gasteiger partial charge is 0.267 e. The van der Waals surface area contributed by atoms with E-state index < -0.39 is 0 Å². The van der Waals surface area contributed by atoms with Crippen LogP contribution in [0.15, 0.2) is 47.3 Å². The van der Waals surface area contributed by atoms with Crippen LogP contribution in [0.2, 0.25) is 0 Å². The van der Waals surface area contributed by atoms with Crippen LogP contribution >= 0.6 is 0 Å². The molecule has 0 radical (unpaired) electrons. The van der Waals surface area contributed by atoms with Gasteiger partial charge in [-0.1, -0.05) is 37.3 Å². The Balaban J connectivity index is 1.48. The number of hydrogen-bond donors (Lipinski definition) is 1. The monoisotopic (exact) mass is 368 g/mol. The Kier molecular flexibility index (Phi) is 6.76. The Morgan fingerprint density at radius 2 is 2.04 bits per heavy atom. The second-order valence-electron chi connectivity index (χ2n) is 7.33. The SMILES string of the molecule is C[C@H]1CCCN(CCCNC(=O)Cn2nc(-c3ccccc3)ccc2=O)C1. The molecule has 6 nitrogen and oxygen atoms in total. The number of carbonyl (C=O) groups is 1. The topological polar surface area (TPSA) is 67.2 Å². The molecular weight excluding hydrogens is 340 g/mol. The quantitative estimate of drug-likeness (QED) is 0.761. The Bertz CT molecular complexity index is 803. The minimum Gasteiger partial charge on any atom is -0.354 e. The summed E-state index contributed by atoms with van der Waals surface area (Å²) in [7, 11) is 0. The highest BCUT2D eigenvalue weighted by Gasteiger charge is 2.15. The number of benzene rings is 1. The molecule has 0 bridgehead atoms. The molecule has 144 valence electrons. The number of nitrogens with zero attached hydrogens (tertiary/aromatic N) is 3. The first-order chi connectivity index (χ1) is 13.1. The summed E-state index contributed by atoms with van der Waals surface area (Å²) in [5.41, 5.74) is 1.33. The Hall–Kier alpha value is -2.47. The van der Waals surface area contributed by atoms with E-state index in [1.807, 2.05) is 30.3 Å². The van der Waals surface area contributed by atoms with Gasteiger partial charge in [0.1, 0.15) is 6.54 Å². The maximum Gasteiger partial charge on any atom is 0.267 e. The third-order valence-electron chi connectivity index (χ3n) is 4.94. The lowest BCUT2D eigenvalue weighted by Crippen LogP contribution is -2.37. The van der Waals surface area contributed by atoms with E-state index >= 15 is 0 Å². The summed E-state index contributed by atoms with van der Waals surface area (Å²) < 4.78 is 1.23. The van der Waals surface area contributed by atoms with Gasteiger partial charge in [-0.2, -0.15) is 5.10 Å². The van der Waals surface area contributed by atoms with E-state index in [1.54, 1.807) is 6.07 Å². The summed E-state index contributed by atoms with van der Waals surface area (Å²) in [5, 5.41) is 7.23. The number of amides is 1. The van der Waals surface area contributed by atoms with Crippen LogP contribution < -0.4 is 10.9 Å². The molecule has 1 amide bonds. The van der Waals surface area contributed by atoms with Gasteiger partial charge in [-0.15, -0.1) is 0 Å². The van der Waals surface area contributed by atoms with Crippen molar-refractivity contribution in [3.63, 3.8) is 0 Å². The number of rotatable bonds is 7. The molecule has 6 heteroatoms. The summed E-state index contributed by atoms with van der Waals surface area (Å²) >= 11 is 0. The maximum atomic E-state index is 12.2. The molecule has 2 aromatic rings. The standard InChI is InChI=1S/C21H28N4O2/c1-17-7-5-13-24(15-17)14-6-12-22-20(26)16-25-21(27)11-10-19(23-25)18-8-3-2-4-9-18/h2-4,8-11,17H,5-7,12-16H2,1H3,(H,22,26)/t17-/m0/s1. The van der Waals surface area contributed by atoms with Crippen molar-refractivity contribution in [1.29, 1.82) is 0 Å². The average Bonchev–Trinajstić information content (AvgIpc) is 2.68. The molecule has 1 saturated heterocycles. The van der Waals surface area contributed by atoms with E-state index in [0.29, 0.717) is 12.2 Å². The first kappa shape index (κ1) is 19.3. The normalized spacial score (nSPS) is 17.6. The van der Waals surface area contributed by atoms with Crippen LogP contribution in [-0.2, 0) is 11.3 Å². The fourth-order valence-corrected chi connectivity index (χ4v) is 3.54. The van der Waals surface area contributed by atoms with Gasteiger partial charge in [-0.25, -0.2) is 4.68 Å². The van der Waals surface area contributed by atoms with Gasteiger partial charge in [0.2, 0.25) is 5.91 Å². The van der Waals surface area contributed by atoms with Gasteiger partial charge >= 0.3 is 0 Å². The minimum absolute atomic E-state index is 0.0553. The third-order valence-corrected chi connectivity index (χ3v) is 4.94. The van der Waals surface area contributed by atoms with Crippen molar-refractivity contribution in [2.24, 2.45) is 5.92 Å². The van der Waals surface area contributed by atoms with Crippen molar-refractivity contribution in [2.75, 3.05) is 26.2 Å². The molecule has 1 fully saturated rings. The Morgan fingerprint density at radius 3 is 2.81 bits per heavy atom. The maximum absolute atomic E-state index is 12.2. The first-order valence-electron chi connectivity index (χ1n) is 9.74. The Labute approximate surface area is 160 Å². The summed E-state index contributed by atoms with van der Waals surface area (Å²) in [6.07, 6.45) is 3.50. The van der Waals surface area contributed by atoms with E-state index in [0.717, 1.165) is 37.5 Å². The van der Waals surface area contributed by atoms with Crippen LogP contribution in [0.25, 0.3) is 11.3 Å². The lowest BCUT2D eigenvalue weighted by Gasteiger charge is -2.30. The number of likely N-dealkylation sites (tertiary alicyclic amines) is 1. The zero-order valence-corrected chi connectivity index (χ0v) is 15.9. The third kappa shape index (κ3) is 5.76. The van der Waals surface area contributed by atoms with E-state index in [4.69, 9.17) is 0 Å². The first-order valence-corrected chi connectivity index (χ1v) is 9.74. The van der Waals surface area contributed by atoms with Crippen LogP contribution in [0.4, 0.5) is 0 Å². The van der Waals surface area contributed by atoms with Crippen molar-refractivity contribution >= 4 is 5.91 Å². The summed E-state index contributed by atoms with van der Waals surface area (Å²) in [5.74, 6) is 0.588. The van der Waals surface area contributed by atoms with Crippen LogP contribution in [0.3, 0.4) is 0 Å². The van der Waals surface area contributed by atoms with E-state index in [9.17, 15) is 9.59 Å². The fraction of sp³-hybridized carbons (Fsp3) is 0.476. The van der Waals surface area contributed by atoms with Gasteiger partial charge < -0.3 is 10.2 Å². The van der Waals surface area contributed by atoms with E-state index in [-0.39, 0.29) is 18.0 Å². The predicted octanol–water partition coefficient (Wildman–Crippen LogP) is 2.15. The van der Waals surface area contributed by atoms with Gasteiger partial charge in [0, 0.05) is 24.7 Å². The van der Waals surface area contributed by atoms with Gasteiger partial charge in [0.25, 0.3) is 5.56 Å². The van der Waals surface area contributed by atoms with Crippen molar-refractivity contribution < 1.29 is 4.79 Å². The van der Waals surface area contributed by atoms with Crippen molar-refractivity contribution in [1.82, 2.24) is 20.0 Å². The molecule has 1 aromatic carbocycles. The largest absolute Gasteiger partial charge is 0.354 e. The van der Waals surface area contributed by atoms with E-state index in [1.165, 1.54) is 23.6 Å². The molecule has 2 heterocycles. The number of hydrogen-bond acceptors (Lipinski definition) is 4. The van der Waals surface area contributed by atoms with Crippen LogP contribution in [0.5, 0.6) is 0 Å². The van der Waals surface area contributed by atoms with Crippen molar-refractivity contribution in [3.8, 4) is 11.3 Å². The molecule has 0 spiro atoms. The van der Waals surface area contributed by atoms with E-state index in [2.05, 4.69) is 22.2 Å². The number of carbonyl (C=O) groups excluding carboxylic acids is 1. The molecule has 3 rings (SSSR count). The molecule has 0 aliphatic carbocycles. The molecule has 1 atom stereocenters. The second-order valence-corrected chi connectivity index (χ2v) is 7.33. The van der Waals surface area contributed by atoms with Gasteiger partial charge in [-0.05, 0) is 44.3 Å².